The topological polar surface area (TPSA) is 89.3 Å². The number of anilines is 1. The molecule has 0 fully saturated rings. The maximum Gasteiger partial charge on any atom is 0.146 e. The summed E-state index contributed by atoms with van der Waals surface area (Å²) in [4.78, 5) is 8.20. The lowest BCUT2D eigenvalue weighted by atomic mass is 10.1. The standard InChI is InChI=1S/C11H15N5O/c1-11(2,3)16-5-7(4-15-17)8-9(12)13-6-14-10(8)16/h4-6,17H,1-3H3,(H2,12,13,14). The van der Waals surface area contributed by atoms with Crippen LogP contribution in [0.25, 0.3) is 11.0 Å². The predicted molar refractivity (Wildman–Crippen MR) is 66.3 cm³/mol. The van der Waals surface area contributed by atoms with Crippen LogP contribution in [0.5, 0.6) is 0 Å². The van der Waals surface area contributed by atoms with E-state index in [-0.39, 0.29) is 5.54 Å². The van der Waals surface area contributed by atoms with Gasteiger partial charge in [0.2, 0.25) is 0 Å². The molecule has 17 heavy (non-hydrogen) atoms. The molecule has 0 saturated carbocycles. The minimum atomic E-state index is -0.138. The summed E-state index contributed by atoms with van der Waals surface area (Å²) >= 11 is 0. The van der Waals surface area contributed by atoms with Crippen LogP contribution in [0.2, 0.25) is 0 Å². The Morgan fingerprint density at radius 2 is 2.12 bits per heavy atom. The summed E-state index contributed by atoms with van der Waals surface area (Å²) in [6, 6.07) is 0. The number of oxime groups is 1. The Bertz CT molecular complexity index is 579. The highest BCUT2D eigenvalue weighted by atomic mass is 16.4. The van der Waals surface area contributed by atoms with Crippen molar-refractivity contribution in [2.24, 2.45) is 5.16 Å². The Hall–Kier alpha value is -2.11. The van der Waals surface area contributed by atoms with Crippen LogP contribution in [0.4, 0.5) is 5.82 Å². The number of fused-ring (bicyclic) bond motifs is 1. The highest BCUT2D eigenvalue weighted by Crippen LogP contribution is 2.27. The van der Waals surface area contributed by atoms with E-state index in [1.807, 2.05) is 10.8 Å². The summed E-state index contributed by atoms with van der Waals surface area (Å²) in [6.07, 6.45) is 4.62. The summed E-state index contributed by atoms with van der Waals surface area (Å²) in [5.74, 6) is 0.382. The maximum atomic E-state index is 8.66. The molecule has 0 aromatic carbocycles. The van der Waals surface area contributed by atoms with E-state index in [1.54, 1.807) is 0 Å². The van der Waals surface area contributed by atoms with Crippen LogP contribution in [-0.2, 0) is 5.54 Å². The van der Waals surface area contributed by atoms with E-state index in [2.05, 4.69) is 35.9 Å². The van der Waals surface area contributed by atoms with Gasteiger partial charge in [0.1, 0.15) is 17.8 Å². The van der Waals surface area contributed by atoms with Gasteiger partial charge in [0, 0.05) is 17.3 Å². The van der Waals surface area contributed by atoms with Gasteiger partial charge in [-0.05, 0) is 20.8 Å². The van der Waals surface area contributed by atoms with Crippen LogP contribution in [-0.4, -0.2) is 26.0 Å². The second kappa shape index (κ2) is 3.73. The fraction of sp³-hybridized carbons (Fsp3) is 0.364. The van der Waals surface area contributed by atoms with Crippen molar-refractivity contribution >= 4 is 23.1 Å². The van der Waals surface area contributed by atoms with Crippen molar-refractivity contribution in [2.75, 3.05) is 5.73 Å². The van der Waals surface area contributed by atoms with E-state index >= 15 is 0 Å². The first-order valence-corrected chi connectivity index (χ1v) is 5.24. The molecular weight excluding hydrogens is 218 g/mol. The summed E-state index contributed by atoms with van der Waals surface area (Å²) in [7, 11) is 0. The Balaban J connectivity index is 2.85. The number of nitrogens with zero attached hydrogens (tertiary/aromatic N) is 4. The van der Waals surface area contributed by atoms with Crippen LogP contribution in [0.1, 0.15) is 26.3 Å². The highest BCUT2D eigenvalue weighted by molar-refractivity contribution is 6.02. The van der Waals surface area contributed by atoms with Crippen molar-refractivity contribution in [2.45, 2.75) is 26.3 Å². The van der Waals surface area contributed by atoms with E-state index < -0.39 is 0 Å². The molecule has 0 aliphatic heterocycles. The second-order valence-electron chi connectivity index (χ2n) is 4.83. The number of nitrogens with two attached hydrogens (primary N) is 1. The van der Waals surface area contributed by atoms with Crippen molar-refractivity contribution in [3.63, 3.8) is 0 Å². The monoisotopic (exact) mass is 233 g/mol. The van der Waals surface area contributed by atoms with E-state index in [0.29, 0.717) is 16.8 Å². The van der Waals surface area contributed by atoms with Gasteiger partial charge >= 0.3 is 0 Å². The largest absolute Gasteiger partial charge is 0.411 e. The molecule has 0 radical (unpaired) electrons. The highest BCUT2D eigenvalue weighted by Gasteiger charge is 2.20. The average molecular weight is 233 g/mol. The second-order valence-corrected chi connectivity index (χ2v) is 4.83. The van der Waals surface area contributed by atoms with Crippen molar-refractivity contribution < 1.29 is 5.21 Å². The van der Waals surface area contributed by atoms with Gasteiger partial charge in [0.25, 0.3) is 0 Å². The Labute approximate surface area is 98.8 Å². The molecule has 2 rings (SSSR count). The minimum Gasteiger partial charge on any atom is -0.411 e. The molecular formula is C11H15N5O. The Kier molecular flexibility index (Phi) is 2.49. The van der Waals surface area contributed by atoms with Gasteiger partial charge in [0.05, 0.1) is 11.6 Å². The van der Waals surface area contributed by atoms with Gasteiger partial charge in [-0.25, -0.2) is 9.97 Å². The van der Waals surface area contributed by atoms with Crippen molar-refractivity contribution in [1.29, 1.82) is 0 Å². The molecule has 0 spiro atoms. The zero-order valence-corrected chi connectivity index (χ0v) is 10.0. The molecule has 2 heterocycles. The molecule has 2 aromatic heterocycles. The van der Waals surface area contributed by atoms with Crippen molar-refractivity contribution in [3.8, 4) is 0 Å². The number of hydrogen-bond donors (Lipinski definition) is 2. The number of nitrogen functional groups attached to an aromatic ring is 1. The first kappa shape index (κ1) is 11.4. The third-order valence-corrected chi connectivity index (χ3v) is 2.56. The van der Waals surface area contributed by atoms with Crippen LogP contribution < -0.4 is 5.73 Å². The van der Waals surface area contributed by atoms with E-state index in [1.165, 1.54) is 12.5 Å². The molecule has 90 valence electrons. The molecule has 2 aromatic rings. The normalized spacial score (nSPS) is 12.6. The third-order valence-electron chi connectivity index (χ3n) is 2.56. The summed E-state index contributed by atoms with van der Waals surface area (Å²) in [5, 5.41) is 12.4. The van der Waals surface area contributed by atoms with Gasteiger partial charge in [-0.15, -0.1) is 0 Å². The van der Waals surface area contributed by atoms with E-state index in [4.69, 9.17) is 10.9 Å². The van der Waals surface area contributed by atoms with Crippen molar-refractivity contribution in [1.82, 2.24) is 14.5 Å². The van der Waals surface area contributed by atoms with Crippen LogP contribution >= 0.6 is 0 Å². The van der Waals surface area contributed by atoms with Gasteiger partial charge in [-0.1, -0.05) is 5.16 Å². The zero-order valence-electron chi connectivity index (χ0n) is 10.0. The first-order valence-electron chi connectivity index (χ1n) is 5.24. The van der Waals surface area contributed by atoms with Gasteiger partial charge in [0.15, 0.2) is 0 Å². The predicted octanol–water partition coefficient (Wildman–Crippen LogP) is 1.58. The lowest BCUT2D eigenvalue weighted by Crippen LogP contribution is -2.21. The average Bonchev–Trinajstić information content (AvgIpc) is 2.59. The molecule has 3 N–H and O–H groups in total. The van der Waals surface area contributed by atoms with Gasteiger partial charge in [-0.3, -0.25) is 0 Å². The van der Waals surface area contributed by atoms with Crippen LogP contribution in [0.3, 0.4) is 0 Å². The lowest BCUT2D eigenvalue weighted by Gasteiger charge is -2.21. The molecule has 0 aliphatic carbocycles. The van der Waals surface area contributed by atoms with Crippen molar-refractivity contribution in [3.05, 3.63) is 18.1 Å². The van der Waals surface area contributed by atoms with E-state index in [9.17, 15) is 0 Å². The number of hydrogen-bond acceptors (Lipinski definition) is 5. The molecule has 6 nitrogen and oxygen atoms in total. The fourth-order valence-corrected chi connectivity index (χ4v) is 1.79. The van der Waals surface area contributed by atoms with Crippen LogP contribution in [0, 0.1) is 0 Å². The molecule has 6 heteroatoms. The third kappa shape index (κ3) is 1.82. The molecule has 0 unspecified atom stereocenters. The minimum absolute atomic E-state index is 0.138. The molecule has 0 atom stereocenters. The fourth-order valence-electron chi connectivity index (χ4n) is 1.79. The lowest BCUT2D eigenvalue weighted by molar-refractivity contribution is 0.322. The summed E-state index contributed by atoms with van der Waals surface area (Å²) < 4.78 is 1.98. The number of rotatable bonds is 1. The molecule has 0 saturated heterocycles. The smallest absolute Gasteiger partial charge is 0.146 e. The molecule has 0 amide bonds. The molecule has 0 aliphatic rings. The molecule has 0 bridgehead atoms. The zero-order chi connectivity index (χ0) is 12.6. The first-order chi connectivity index (χ1) is 7.95. The van der Waals surface area contributed by atoms with Crippen LogP contribution in [0.15, 0.2) is 17.7 Å². The SMILES string of the molecule is CC(C)(C)n1cc(C=NO)c2c(N)ncnc21. The quantitative estimate of drug-likeness (QED) is 0.444. The van der Waals surface area contributed by atoms with Gasteiger partial charge < -0.3 is 15.5 Å². The summed E-state index contributed by atoms with van der Waals surface area (Å²) in [6.45, 7) is 6.18. The maximum absolute atomic E-state index is 8.66. The number of aromatic nitrogens is 3. The Morgan fingerprint density at radius 3 is 2.71 bits per heavy atom. The summed E-state index contributed by atoms with van der Waals surface area (Å²) in [5.41, 5.74) is 7.14. The van der Waals surface area contributed by atoms with E-state index in [0.717, 1.165) is 5.65 Å². The van der Waals surface area contributed by atoms with Gasteiger partial charge in [-0.2, -0.15) is 0 Å². The Morgan fingerprint density at radius 1 is 1.41 bits per heavy atom.